The lowest BCUT2D eigenvalue weighted by atomic mass is 10.2. The number of carbonyl (C=O) groups excluding carboxylic acids is 1. The van der Waals surface area contributed by atoms with Gasteiger partial charge in [0.25, 0.3) is 5.91 Å². The summed E-state index contributed by atoms with van der Waals surface area (Å²) in [4.78, 5) is 12.3. The van der Waals surface area contributed by atoms with Gasteiger partial charge in [-0.15, -0.1) is 0 Å². The lowest BCUT2D eigenvalue weighted by Crippen LogP contribution is -2.19. The van der Waals surface area contributed by atoms with E-state index in [1.165, 1.54) is 7.11 Å². The van der Waals surface area contributed by atoms with Crippen LogP contribution < -0.4 is 21.1 Å². The fourth-order valence-electron chi connectivity index (χ4n) is 1.85. The van der Waals surface area contributed by atoms with Crippen molar-refractivity contribution < 1.29 is 9.53 Å². The molecule has 1 amide bonds. The van der Waals surface area contributed by atoms with E-state index in [-0.39, 0.29) is 11.0 Å². The Labute approximate surface area is 138 Å². The molecule has 0 saturated carbocycles. The van der Waals surface area contributed by atoms with Gasteiger partial charge >= 0.3 is 0 Å². The van der Waals surface area contributed by atoms with Crippen molar-refractivity contribution in [2.24, 2.45) is 5.73 Å². The molecule has 2 aromatic rings. The Kier molecular flexibility index (Phi) is 5.19. The number of rotatable bonds is 4. The Bertz CT molecular complexity index is 722. The van der Waals surface area contributed by atoms with Crippen LogP contribution in [0.25, 0.3) is 0 Å². The van der Waals surface area contributed by atoms with E-state index in [4.69, 9.17) is 34.3 Å². The molecule has 0 radical (unpaired) electrons. The lowest BCUT2D eigenvalue weighted by molar-refractivity contribution is 0.102. The van der Waals surface area contributed by atoms with Gasteiger partial charge in [-0.05, 0) is 36.5 Å². The van der Waals surface area contributed by atoms with Gasteiger partial charge in [0.15, 0.2) is 5.11 Å². The predicted molar refractivity (Wildman–Crippen MR) is 92.8 cm³/mol. The molecule has 7 heteroatoms. The summed E-state index contributed by atoms with van der Waals surface area (Å²) in [5, 5.41) is 6.08. The molecule has 0 heterocycles. The van der Waals surface area contributed by atoms with Crippen molar-refractivity contribution in [3.05, 3.63) is 53.1 Å². The first-order valence-electron chi connectivity index (χ1n) is 6.31. The fraction of sp³-hybridized carbons (Fsp3) is 0.0667. The topological polar surface area (TPSA) is 76.4 Å². The largest absolute Gasteiger partial charge is 0.494 e. The highest BCUT2D eigenvalue weighted by Crippen LogP contribution is 2.29. The molecule has 2 rings (SSSR count). The number of nitrogens with two attached hydrogens (primary N) is 1. The van der Waals surface area contributed by atoms with Gasteiger partial charge in [-0.1, -0.05) is 23.7 Å². The van der Waals surface area contributed by atoms with Crippen molar-refractivity contribution >= 4 is 46.2 Å². The standard InChI is InChI=1S/C15H14ClN3O2S/c1-21-13-8-9(18-15(17)22)6-7-12(13)19-14(20)10-4-2-3-5-11(10)16/h2-8H,1H3,(H,19,20)(H3,17,18,22). The van der Waals surface area contributed by atoms with Gasteiger partial charge in [0.2, 0.25) is 0 Å². The first kappa shape index (κ1) is 16.1. The van der Waals surface area contributed by atoms with Crippen molar-refractivity contribution in [2.45, 2.75) is 0 Å². The van der Waals surface area contributed by atoms with E-state index < -0.39 is 0 Å². The zero-order valence-electron chi connectivity index (χ0n) is 11.7. The fourth-order valence-corrected chi connectivity index (χ4v) is 2.19. The second kappa shape index (κ2) is 7.11. The highest BCUT2D eigenvalue weighted by Gasteiger charge is 2.13. The summed E-state index contributed by atoms with van der Waals surface area (Å²) in [5.41, 5.74) is 6.99. The van der Waals surface area contributed by atoms with Gasteiger partial charge in [0.05, 0.1) is 23.4 Å². The Balaban J connectivity index is 2.24. The van der Waals surface area contributed by atoms with Gasteiger partial charge in [-0.2, -0.15) is 0 Å². The highest BCUT2D eigenvalue weighted by molar-refractivity contribution is 7.80. The third-order valence-electron chi connectivity index (χ3n) is 2.84. The van der Waals surface area contributed by atoms with Gasteiger partial charge < -0.3 is 21.1 Å². The van der Waals surface area contributed by atoms with E-state index in [1.54, 1.807) is 42.5 Å². The number of thiocarbonyl (C=S) groups is 1. The highest BCUT2D eigenvalue weighted by atomic mass is 35.5. The van der Waals surface area contributed by atoms with Gasteiger partial charge in [-0.3, -0.25) is 4.79 Å². The molecule has 0 aliphatic carbocycles. The molecular formula is C15H14ClN3O2S. The van der Waals surface area contributed by atoms with Crippen LogP contribution in [0.15, 0.2) is 42.5 Å². The van der Waals surface area contributed by atoms with E-state index in [0.717, 1.165) is 0 Å². The number of carbonyl (C=O) groups is 1. The van der Waals surface area contributed by atoms with Gasteiger partial charge in [-0.25, -0.2) is 0 Å². The Morgan fingerprint density at radius 3 is 2.59 bits per heavy atom. The van der Waals surface area contributed by atoms with Gasteiger partial charge in [0.1, 0.15) is 5.75 Å². The third-order valence-corrected chi connectivity index (χ3v) is 3.27. The minimum atomic E-state index is -0.320. The molecule has 0 unspecified atom stereocenters. The van der Waals surface area contributed by atoms with E-state index in [1.807, 2.05) is 0 Å². The normalized spacial score (nSPS) is 9.91. The van der Waals surface area contributed by atoms with Crippen LogP contribution in [0.5, 0.6) is 5.75 Å². The van der Waals surface area contributed by atoms with Crippen molar-refractivity contribution in [3.8, 4) is 5.75 Å². The van der Waals surface area contributed by atoms with Crippen molar-refractivity contribution in [1.29, 1.82) is 0 Å². The molecule has 0 spiro atoms. The Morgan fingerprint density at radius 2 is 1.95 bits per heavy atom. The van der Waals surface area contributed by atoms with Crippen LogP contribution in [0.1, 0.15) is 10.4 Å². The number of ether oxygens (including phenoxy) is 1. The van der Waals surface area contributed by atoms with Crippen LogP contribution in [0.2, 0.25) is 5.02 Å². The molecule has 22 heavy (non-hydrogen) atoms. The first-order chi connectivity index (χ1) is 10.5. The number of anilines is 2. The molecule has 0 aliphatic heterocycles. The number of benzene rings is 2. The lowest BCUT2D eigenvalue weighted by Gasteiger charge is -2.13. The maximum atomic E-state index is 12.3. The summed E-state index contributed by atoms with van der Waals surface area (Å²) in [6.45, 7) is 0. The summed E-state index contributed by atoms with van der Waals surface area (Å²) < 4.78 is 5.26. The minimum Gasteiger partial charge on any atom is -0.494 e. The monoisotopic (exact) mass is 335 g/mol. The molecule has 0 fully saturated rings. The maximum absolute atomic E-state index is 12.3. The van der Waals surface area contributed by atoms with E-state index in [2.05, 4.69) is 10.6 Å². The van der Waals surface area contributed by atoms with Crippen molar-refractivity contribution in [1.82, 2.24) is 0 Å². The average Bonchev–Trinajstić information content (AvgIpc) is 2.48. The number of halogens is 1. The Hall–Kier alpha value is -2.31. The average molecular weight is 336 g/mol. The van der Waals surface area contributed by atoms with Crippen molar-refractivity contribution in [2.75, 3.05) is 17.7 Å². The third kappa shape index (κ3) is 3.87. The predicted octanol–water partition coefficient (Wildman–Crippen LogP) is 3.26. The van der Waals surface area contributed by atoms with E-state index in [0.29, 0.717) is 27.7 Å². The molecule has 0 atom stereocenters. The quantitative estimate of drug-likeness (QED) is 0.748. The second-order valence-corrected chi connectivity index (χ2v) is 5.19. The number of hydrogen-bond donors (Lipinski definition) is 3. The van der Waals surface area contributed by atoms with Gasteiger partial charge in [0, 0.05) is 11.8 Å². The summed E-state index contributed by atoms with van der Waals surface area (Å²) in [5.74, 6) is 0.153. The van der Waals surface area contributed by atoms with Crippen molar-refractivity contribution in [3.63, 3.8) is 0 Å². The molecule has 114 valence electrons. The van der Waals surface area contributed by atoms with Crippen LogP contribution in [0.3, 0.4) is 0 Å². The second-order valence-electron chi connectivity index (χ2n) is 4.34. The zero-order chi connectivity index (χ0) is 16.1. The maximum Gasteiger partial charge on any atom is 0.257 e. The SMILES string of the molecule is COc1cc(NC(N)=S)ccc1NC(=O)c1ccccc1Cl. The summed E-state index contributed by atoms with van der Waals surface area (Å²) in [7, 11) is 1.50. The molecule has 2 aromatic carbocycles. The molecule has 5 nitrogen and oxygen atoms in total. The van der Waals surface area contributed by atoms with Crippen LogP contribution in [-0.4, -0.2) is 18.1 Å². The Morgan fingerprint density at radius 1 is 1.23 bits per heavy atom. The smallest absolute Gasteiger partial charge is 0.257 e. The zero-order valence-corrected chi connectivity index (χ0v) is 13.3. The van der Waals surface area contributed by atoms with Crippen LogP contribution in [0, 0.1) is 0 Å². The molecule has 4 N–H and O–H groups in total. The molecular weight excluding hydrogens is 322 g/mol. The van der Waals surface area contributed by atoms with Crippen LogP contribution >= 0.6 is 23.8 Å². The summed E-state index contributed by atoms with van der Waals surface area (Å²) in [6, 6.07) is 11.9. The number of nitrogens with one attached hydrogen (secondary N) is 2. The summed E-state index contributed by atoms with van der Waals surface area (Å²) >= 11 is 10.8. The van der Waals surface area contributed by atoms with Crippen LogP contribution in [-0.2, 0) is 0 Å². The molecule has 0 aliphatic rings. The van der Waals surface area contributed by atoms with E-state index >= 15 is 0 Å². The number of methoxy groups -OCH3 is 1. The first-order valence-corrected chi connectivity index (χ1v) is 7.10. The summed E-state index contributed by atoms with van der Waals surface area (Å²) in [6.07, 6.45) is 0. The number of amides is 1. The molecule has 0 aromatic heterocycles. The van der Waals surface area contributed by atoms with Crippen LogP contribution in [0.4, 0.5) is 11.4 Å². The minimum absolute atomic E-state index is 0.148. The molecule has 0 saturated heterocycles. The van der Waals surface area contributed by atoms with E-state index in [9.17, 15) is 4.79 Å². The molecule has 0 bridgehead atoms. The number of hydrogen-bond acceptors (Lipinski definition) is 3.